The Bertz CT molecular complexity index is 260. The van der Waals surface area contributed by atoms with E-state index < -0.39 is 6.09 Å². The van der Waals surface area contributed by atoms with Crippen LogP contribution in [0, 0.1) is 0 Å². The molecule has 0 aromatic carbocycles. The summed E-state index contributed by atoms with van der Waals surface area (Å²) in [5, 5.41) is 10.7. The van der Waals surface area contributed by atoms with Crippen LogP contribution < -0.4 is 5.32 Å². The summed E-state index contributed by atoms with van der Waals surface area (Å²) < 4.78 is 3.89. The summed E-state index contributed by atoms with van der Waals surface area (Å²) >= 11 is 1.05. The average Bonchev–Trinajstić information content (AvgIpc) is 2.34. The third-order valence-electron chi connectivity index (χ3n) is 0.998. The third-order valence-corrected chi connectivity index (χ3v) is 1.67. The van der Waals surface area contributed by atoms with Gasteiger partial charge in [0.25, 0.3) is 0 Å². The van der Waals surface area contributed by atoms with Crippen molar-refractivity contribution >= 4 is 22.8 Å². The molecule has 0 unspecified atom stereocenters. The van der Waals surface area contributed by atoms with Crippen molar-refractivity contribution < 1.29 is 9.90 Å². The van der Waals surface area contributed by atoms with Gasteiger partial charge in [-0.05, 0) is 0 Å². The summed E-state index contributed by atoms with van der Waals surface area (Å²) in [6, 6.07) is 0. The highest BCUT2D eigenvalue weighted by Gasteiger charge is 2.03. The average molecular weight is 173 g/mol. The molecule has 0 saturated heterocycles. The Labute approximate surface area is 67.3 Å². The zero-order valence-corrected chi connectivity index (χ0v) is 6.68. The molecule has 0 aliphatic heterocycles. The van der Waals surface area contributed by atoms with E-state index in [1.165, 1.54) is 0 Å². The van der Waals surface area contributed by atoms with Crippen molar-refractivity contribution in [3.8, 4) is 0 Å². The highest BCUT2D eigenvalue weighted by atomic mass is 32.1. The number of carboxylic acid groups (broad SMARTS) is 1. The van der Waals surface area contributed by atoms with Gasteiger partial charge in [-0.2, -0.15) is 4.37 Å². The van der Waals surface area contributed by atoms with Crippen LogP contribution in [0.5, 0.6) is 0 Å². The van der Waals surface area contributed by atoms with Crippen LogP contribution >= 0.6 is 11.5 Å². The second kappa shape index (κ2) is 3.29. The second-order valence-electron chi connectivity index (χ2n) is 1.80. The fourth-order valence-electron chi connectivity index (χ4n) is 0.540. The molecular weight excluding hydrogens is 166 g/mol. The molecule has 1 amide bonds. The molecule has 0 spiro atoms. The molecular formula is C5H7N3O2S. The Hall–Kier alpha value is -1.17. The summed E-state index contributed by atoms with van der Waals surface area (Å²) in [7, 11) is 0. The van der Waals surface area contributed by atoms with Gasteiger partial charge in [0.05, 0.1) is 0 Å². The molecule has 1 rings (SSSR count). The van der Waals surface area contributed by atoms with E-state index in [4.69, 9.17) is 5.11 Å². The van der Waals surface area contributed by atoms with Gasteiger partial charge in [-0.3, -0.25) is 5.32 Å². The zero-order valence-electron chi connectivity index (χ0n) is 5.87. The van der Waals surface area contributed by atoms with Crippen LogP contribution in [0.1, 0.15) is 12.7 Å². The van der Waals surface area contributed by atoms with Gasteiger partial charge in [-0.15, -0.1) is 0 Å². The molecule has 0 aliphatic carbocycles. The molecule has 0 fully saturated rings. The van der Waals surface area contributed by atoms with E-state index in [1.54, 1.807) is 0 Å². The zero-order chi connectivity index (χ0) is 8.27. The lowest BCUT2D eigenvalue weighted by atomic mass is 10.5. The molecule has 2 N–H and O–H groups in total. The van der Waals surface area contributed by atoms with Gasteiger partial charge >= 0.3 is 6.09 Å². The van der Waals surface area contributed by atoms with Crippen molar-refractivity contribution in [3.63, 3.8) is 0 Å². The van der Waals surface area contributed by atoms with Gasteiger partial charge in [0.15, 0.2) is 0 Å². The van der Waals surface area contributed by atoms with Crippen molar-refractivity contribution in [2.45, 2.75) is 13.3 Å². The Balaban J connectivity index is 2.65. The summed E-state index contributed by atoms with van der Waals surface area (Å²) in [6.07, 6.45) is -0.388. The van der Waals surface area contributed by atoms with Gasteiger partial charge in [0.1, 0.15) is 5.82 Å². The minimum absolute atomic E-state index is 0.328. The van der Waals surface area contributed by atoms with Crippen LogP contribution in [0.2, 0.25) is 0 Å². The molecule has 0 radical (unpaired) electrons. The van der Waals surface area contributed by atoms with Crippen LogP contribution in [-0.4, -0.2) is 20.6 Å². The number of aryl methyl sites for hydroxylation is 1. The van der Waals surface area contributed by atoms with Crippen LogP contribution in [0.3, 0.4) is 0 Å². The molecule has 1 heterocycles. The lowest BCUT2D eigenvalue weighted by Gasteiger charge is -1.89. The van der Waals surface area contributed by atoms with E-state index in [0.717, 1.165) is 18.0 Å². The minimum Gasteiger partial charge on any atom is -0.465 e. The first kappa shape index (κ1) is 7.93. The topological polar surface area (TPSA) is 75.1 Å². The first-order valence-electron chi connectivity index (χ1n) is 3.05. The molecule has 11 heavy (non-hydrogen) atoms. The quantitative estimate of drug-likeness (QED) is 0.704. The van der Waals surface area contributed by atoms with Crippen molar-refractivity contribution in [2.24, 2.45) is 0 Å². The minimum atomic E-state index is -1.11. The van der Waals surface area contributed by atoms with E-state index in [2.05, 4.69) is 14.7 Å². The largest absolute Gasteiger partial charge is 0.465 e. The second-order valence-corrected chi connectivity index (χ2v) is 2.55. The van der Waals surface area contributed by atoms with Crippen molar-refractivity contribution in [1.29, 1.82) is 0 Å². The van der Waals surface area contributed by atoms with Gasteiger partial charge in [0.2, 0.25) is 5.13 Å². The smallest absolute Gasteiger partial charge is 0.411 e. The lowest BCUT2D eigenvalue weighted by Crippen LogP contribution is -2.06. The maximum absolute atomic E-state index is 10.1. The van der Waals surface area contributed by atoms with Crippen molar-refractivity contribution in [1.82, 2.24) is 9.36 Å². The molecule has 60 valence electrons. The normalized spacial score (nSPS) is 9.55. The van der Waals surface area contributed by atoms with E-state index in [1.807, 2.05) is 6.92 Å². The molecule has 0 saturated carbocycles. The maximum atomic E-state index is 10.1. The third kappa shape index (κ3) is 2.15. The van der Waals surface area contributed by atoms with Crippen molar-refractivity contribution in [3.05, 3.63) is 5.82 Å². The van der Waals surface area contributed by atoms with Crippen LogP contribution in [0.4, 0.5) is 9.93 Å². The predicted molar refractivity (Wildman–Crippen MR) is 40.9 cm³/mol. The van der Waals surface area contributed by atoms with Crippen LogP contribution in [0.25, 0.3) is 0 Å². The Morgan fingerprint density at radius 2 is 2.55 bits per heavy atom. The monoisotopic (exact) mass is 173 g/mol. The summed E-state index contributed by atoms with van der Waals surface area (Å²) in [4.78, 5) is 14.0. The SMILES string of the molecule is CCc1nsc(NC(=O)O)n1. The van der Waals surface area contributed by atoms with E-state index in [9.17, 15) is 4.79 Å². The van der Waals surface area contributed by atoms with Gasteiger partial charge in [-0.1, -0.05) is 6.92 Å². The lowest BCUT2D eigenvalue weighted by molar-refractivity contribution is 0.209. The van der Waals surface area contributed by atoms with Crippen molar-refractivity contribution in [2.75, 3.05) is 5.32 Å². The van der Waals surface area contributed by atoms with E-state index in [-0.39, 0.29) is 0 Å². The molecule has 0 bridgehead atoms. The Kier molecular flexibility index (Phi) is 2.37. The Morgan fingerprint density at radius 3 is 3.00 bits per heavy atom. The number of nitrogens with one attached hydrogen (secondary N) is 1. The number of hydrogen-bond donors (Lipinski definition) is 2. The number of rotatable bonds is 2. The number of hydrogen-bond acceptors (Lipinski definition) is 4. The van der Waals surface area contributed by atoms with Crippen LogP contribution in [0.15, 0.2) is 0 Å². The first-order chi connectivity index (χ1) is 5.22. The molecule has 0 aliphatic rings. The number of amides is 1. The molecule has 1 aromatic heterocycles. The number of anilines is 1. The summed E-state index contributed by atoms with van der Waals surface area (Å²) in [5.74, 6) is 0.666. The predicted octanol–water partition coefficient (Wildman–Crippen LogP) is 1.19. The summed E-state index contributed by atoms with van der Waals surface area (Å²) in [5.41, 5.74) is 0. The van der Waals surface area contributed by atoms with Gasteiger partial charge < -0.3 is 5.11 Å². The standard InChI is InChI=1S/C5H7N3O2S/c1-2-3-6-4(11-8-3)7-5(9)10/h2H2,1H3,(H,9,10)(H,6,7,8). The van der Waals surface area contributed by atoms with E-state index >= 15 is 0 Å². The number of carbonyl (C=O) groups is 1. The fraction of sp³-hybridized carbons (Fsp3) is 0.400. The van der Waals surface area contributed by atoms with Gasteiger partial charge in [0, 0.05) is 18.0 Å². The molecule has 0 atom stereocenters. The Morgan fingerprint density at radius 1 is 1.82 bits per heavy atom. The number of nitrogens with zero attached hydrogens (tertiary/aromatic N) is 2. The molecule has 5 nitrogen and oxygen atoms in total. The van der Waals surface area contributed by atoms with Gasteiger partial charge in [-0.25, -0.2) is 9.78 Å². The highest BCUT2D eigenvalue weighted by molar-refractivity contribution is 7.09. The maximum Gasteiger partial charge on any atom is 0.411 e. The fourth-order valence-corrected chi connectivity index (χ4v) is 1.18. The highest BCUT2D eigenvalue weighted by Crippen LogP contribution is 2.10. The van der Waals surface area contributed by atoms with Crippen LogP contribution in [-0.2, 0) is 6.42 Å². The van der Waals surface area contributed by atoms with E-state index in [0.29, 0.717) is 11.0 Å². The summed E-state index contributed by atoms with van der Waals surface area (Å²) in [6.45, 7) is 1.91. The number of aromatic nitrogens is 2. The first-order valence-corrected chi connectivity index (χ1v) is 3.82. The molecule has 6 heteroatoms. The molecule has 1 aromatic rings.